The van der Waals surface area contributed by atoms with Crippen molar-refractivity contribution >= 4 is 22.8 Å². The summed E-state index contributed by atoms with van der Waals surface area (Å²) in [4.78, 5) is 14.0. The Balaban J connectivity index is 2.40. The molecule has 1 N–H and O–H groups in total. The van der Waals surface area contributed by atoms with Gasteiger partial charge >= 0.3 is 0 Å². The maximum Gasteiger partial charge on any atom is 0.152 e. The first kappa shape index (κ1) is 10.5. The lowest BCUT2D eigenvalue weighted by Gasteiger charge is -1.97. The number of nitrogens with one attached hydrogen (secondary N) is 1. The number of allylic oxidation sites excluding steroid dienone is 1. The summed E-state index contributed by atoms with van der Waals surface area (Å²) in [6.07, 6.45) is 3.32. The first-order valence-electron chi connectivity index (χ1n) is 5.04. The highest BCUT2D eigenvalue weighted by Crippen LogP contribution is 2.21. The first-order valence-corrected chi connectivity index (χ1v) is 5.04. The van der Waals surface area contributed by atoms with Gasteiger partial charge in [-0.25, -0.2) is 0 Å². The van der Waals surface area contributed by atoms with Crippen LogP contribution in [0, 0.1) is 0 Å². The van der Waals surface area contributed by atoms with Crippen molar-refractivity contribution in [1.29, 1.82) is 0 Å². The molecule has 1 heterocycles. The molecule has 0 saturated carbocycles. The molecule has 2 aromatic rings. The van der Waals surface area contributed by atoms with Crippen LogP contribution in [0.25, 0.3) is 17.0 Å². The lowest BCUT2D eigenvalue weighted by Crippen LogP contribution is -1.81. The molecular formula is C13H13NO2. The van der Waals surface area contributed by atoms with Gasteiger partial charge in [-0.1, -0.05) is 0 Å². The van der Waals surface area contributed by atoms with Crippen LogP contribution >= 0.6 is 0 Å². The van der Waals surface area contributed by atoms with E-state index in [0.717, 1.165) is 22.3 Å². The largest absolute Gasteiger partial charge is 0.497 e. The van der Waals surface area contributed by atoms with Gasteiger partial charge in [-0.2, -0.15) is 0 Å². The minimum Gasteiger partial charge on any atom is -0.497 e. The molecular weight excluding hydrogens is 202 g/mol. The zero-order chi connectivity index (χ0) is 11.5. The van der Waals surface area contributed by atoms with Crippen LogP contribution in [0.2, 0.25) is 0 Å². The van der Waals surface area contributed by atoms with Gasteiger partial charge in [0.05, 0.1) is 7.11 Å². The normalized spacial score (nSPS) is 11.1. The average molecular weight is 215 g/mol. The number of ketones is 1. The molecule has 0 fully saturated rings. The smallest absolute Gasteiger partial charge is 0.152 e. The van der Waals surface area contributed by atoms with E-state index in [1.54, 1.807) is 19.3 Å². The second-order valence-corrected chi connectivity index (χ2v) is 3.62. The van der Waals surface area contributed by atoms with Gasteiger partial charge in [0.2, 0.25) is 0 Å². The van der Waals surface area contributed by atoms with Crippen LogP contribution in [0.4, 0.5) is 0 Å². The van der Waals surface area contributed by atoms with E-state index in [-0.39, 0.29) is 5.78 Å². The van der Waals surface area contributed by atoms with Gasteiger partial charge in [-0.15, -0.1) is 0 Å². The summed E-state index contributed by atoms with van der Waals surface area (Å²) in [5, 5.41) is 1.10. The zero-order valence-corrected chi connectivity index (χ0v) is 9.28. The molecule has 0 bridgehead atoms. The second-order valence-electron chi connectivity index (χ2n) is 3.62. The Morgan fingerprint density at radius 3 is 2.88 bits per heavy atom. The van der Waals surface area contributed by atoms with Crippen molar-refractivity contribution in [3.05, 3.63) is 36.0 Å². The van der Waals surface area contributed by atoms with Gasteiger partial charge < -0.3 is 9.72 Å². The number of benzene rings is 1. The van der Waals surface area contributed by atoms with E-state index in [0.29, 0.717) is 0 Å². The molecule has 3 heteroatoms. The zero-order valence-electron chi connectivity index (χ0n) is 9.28. The molecule has 16 heavy (non-hydrogen) atoms. The number of carbonyl (C=O) groups excluding carboxylic acids is 1. The number of aromatic nitrogens is 1. The molecule has 0 radical (unpaired) electrons. The van der Waals surface area contributed by atoms with Crippen LogP contribution in [-0.4, -0.2) is 17.9 Å². The first-order chi connectivity index (χ1) is 7.69. The molecule has 0 atom stereocenters. The Morgan fingerprint density at radius 2 is 2.19 bits per heavy atom. The summed E-state index contributed by atoms with van der Waals surface area (Å²) in [6, 6.07) is 7.82. The Labute approximate surface area is 93.7 Å². The van der Waals surface area contributed by atoms with Crippen molar-refractivity contribution in [2.24, 2.45) is 0 Å². The summed E-state index contributed by atoms with van der Waals surface area (Å²) in [5.41, 5.74) is 1.92. The highest BCUT2D eigenvalue weighted by atomic mass is 16.5. The monoisotopic (exact) mass is 215 g/mol. The fourth-order valence-corrected chi connectivity index (χ4v) is 1.55. The summed E-state index contributed by atoms with van der Waals surface area (Å²) < 4.78 is 5.14. The van der Waals surface area contributed by atoms with E-state index in [2.05, 4.69) is 4.98 Å². The summed E-state index contributed by atoms with van der Waals surface area (Å²) in [6.45, 7) is 1.53. The number of ether oxygens (including phenoxy) is 1. The third kappa shape index (κ3) is 2.14. The number of fused-ring (bicyclic) bond motifs is 1. The van der Waals surface area contributed by atoms with E-state index < -0.39 is 0 Å². The van der Waals surface area contributed by atoms with Crippen molar-refractivity contribution in [3.8, 4) is 5.75 Å². The third-order valence-corrected chi connectivity index (χ3v) is 2.35. The van der Waals surface area contributed by atoms with Gasteiger partial charge in [0.15, 0.2) is 5.78 Å². The van der Waals surface area contributed by atoms with Crippen LogP contribution in [0.15, 0.2) is 30.3 Å². The summed E-state index contributed by atoms with van der Waals surface area (Å²) in [5.74, 6) is 0.854. The Bertz CT molecular complexity index is 552. The fourth-order valence-electron chi connectivity index (χ4n) is 1.55. The number of hydrogen-bond donors (Lipinski definition) is 1. The average Bonchev–Trinajstić information content (AvgIpc) is 2.67. The lowest BCUT2D eigenvalue weighted by molar-refractivity contribution is -0.112. The molecule has 0 aliphatic rings. The van der Waals surface area contributed by atoms with E-state index in [4.69, 9.17) is 4.74 Å². The Kier molecular flexibility index (Phi) is 2.77. The van der Waals surface area contributed by atoms with E-state index in [1.165, 1.54) is 6.92 Å². The minimum atomic E-state index is 0.0382. The number of methoxy groups -OCH3 is 1. The highest BCUT2D eigenvalue weighted by Gasteiger charge is 2.00. The molecule has 1 aromatic heterocycles. The van der Waals surface area contributed by atoms with Gasteiger partial charge in [-0.3, -0.25) is 4.79 Å². The van der Waals surface area contributed by atoms with E-state index in [9.17, 15) is 4.79 Å². The van der Waals surface area contributed by atoms with Gasteiger partial charge in [0.1, 0.15) is 5.75 Å². The fraction of sp³-hybridized carbons (Fsp3) is 0.154. The number of carbonyl (C=O) groups is 1. The van der Waals surface area contributed by atoms with Crippen molar-refractivity contribution in [1.82, 2.24) is 4.98 Å². The summed E-state index contributed by atoms with van der Waals surface area (Å²) >= 11 is 0. The highest BCUT2D eigenvalue weighted by molar-refractivity contribution is 5.92. The SMILES string of the molecule is COc1ccc2cc(/C=C/C(C)=O)[nH]c2c1. The van der Waals surface area contributed by atoms with Crippen LogP contribution in [-0.2, 0) is 4.79 Å². The molecule has 0 amide bonds. The molecule has 1 aromatic carbocycles. The number of aromatic amines is 1. The van der Waals surface area contributed by atoms with Crippen molar-refractivity contribution < 1.29 is 9.53 Å². The number of rotatable bonds is 3. The van der Waals surface area contributed by atoms with Crippen molar-refractivity contribution in [3.63, 3.8) is 0 Å². The lowest BCUT2D eigenvalue weighted by atomic mass is 10.2. The van der Waals surface area contributed by atoms with E-state index in [1.807, 2.05) is 24.3 Å². The van der Waals surface area contributed by atoms with Crippen LogP contribution in [0.3, 0.4) is 0 Å². The molecule has 82 valence electrons. The second kappa shape index (κ2) is 4.23. The third-order valence-electron chi connectivity index (χ3n) is 2.35. The molecule has 0 aliphatic heterocycles. The van der Waals surface area contributed by atoms with Gasteiger partial charge in [0, 0.05) is 22.7 Å². The van der Waals surface area contributed by atoms with Gasteiger partial charge in [0.25, 0.3) is 0 Å². The maximum absolute atomic E-state index is 10.8. The molecule has 0 spiro atoms. The van der Waals surface area contributed by atoms with Crippen LogP contribution < -0.4 is 4.74 Å². The van der Waals surface area contributed by atoms with Crippen molar-refractivity contribution in [2.75, 3.05) is 7.11 Å². The van der Waals surface area contributed by atoms with Crippen LogP contribution in [0.1, 0.15) is 12.6 Å². The van der Waals surface area contributed by atoms with Gasteiger partial charge in [-0.05, 0) is 37.3 Å². The molecule has 0 unspecified atom stereocenters. The Morgan fingerprint density at radius 1 is 1.38 bits per heavy atom. The van der Waals surface area contributed by atoms with E-state index >= 15 is 0 Å². The molecule has 0 aliphatic carbocycles. The number of H-pyrrole nitrogens is 1. The molecule has 0 saturated heterocycles. The summed E-state index contributed by atoms with van der Waals surface area (Å²) in [7, 11) is 1.64. The Hall–Kier alpha value is -2.03. The quantitative estimate of drug-likeness (QED) is 0.800. The molecule has 2 rings (SSSR count). The van der Waals surface area contributed by atoms with Crippen LogP contribution in [0.5, 0.6) is 5.75 Å². The standard InChI is InChI=1S/C13H13NO2/c1-9(15)3-5-11-7-10-4-6-12(16-2)8-13(10)14-11/h3-8,14H,1-2H3/b5-3+. The van der Waals surface area contributed by atoms with Crippen molar-refractivity contribution in [2.45, 2.75) is 6.92 Å². The molecule has 3 nitrogen and oxygen atoms in total. The topological polar surface area (TPSA) is 42.1 Å². The predicted molar refractivity (Wildman–Crippen MR) is 64.6 cm³/mol. The maximum atomic E-state index is 10.8. The number of hydrogen-bond acceptors (Lipinski definition) is 2. The minimum absolute atomic E-state index is 0.0382. The predicted octanol–water partition coefficient (Wildman–Crippen LogP) is 2.78.